The van der Waals surface area contributed by atoms with E-state index in [1.54, 1.807) is 30.5 Å². The van der Waals surface area contributed by atoms with Gasteiger partial charge in [-0.1, -0.05) is 52.5 Å². The highest BCUT2D eigenvalue weighted by Crippen LogP contribution is 2.40. The molecule has 0 atom stereocenters. The van der Waals surface area contributed by atoms with Gasteiger partial charge in [0, 0.05) is 26.7 Å². The average Bonchev–Trinajstić information content (AvgIpc) is 2.87. The molecule has 0 unspecified atom stereocenters. The molecule has 0 aliphatic carbocycles. The Labute approximate surface area is 142 Å². The van der Waals surface area contributed by atoms with Crippen molar-refractivity contribution in [3.8, 4) is 22.5 Å². The molecule has 21 heavy (non-hydrogen) atoms. The van der Waals surface area contributed by atoms with Crippen molar-refractivity contribution in [3.05, 3.63) is 68.8 Å². The van der Waals surface area contributed by atoms with E-state index in [1.165, 1.54) is 0 Å². The topological polar surface area (TPSA) is 13.1 Å². The zero-order valence-electron chi connectivity index (χ0n) is 10.5. The average molecular weight is 358 g/mol. The van der Waals surface area contributed by atoms with Crippen LogP contribution in [0.3, 0.4) is 0 Å². The largest absolute Gasteiger partial charge is 0.464 e. The number of halogens is 4. The van der Waals surface area contributed by atoms with Gasteiger partial charge in [0.25, 0.3) is 0 Å². The van der Waals surface area contributed by atoms with E-state index in [9.17, 15) is 0 Å². The maximum Gasteiger partial charge on any atom is 0.143 e. The predicted octanol–water partition coefficient (Wildman–Crippen LogP) is 7.23. The third-order valence-electron chi connectivity index (χ3n) is 3.06. The Morgan fingerprint density at radius 2 is 1.19 bits per heavy atom. The van der Waals surface area contributed by atoms with Crippen LogP contribution < -0.4 is 0 Å². The Morgan fingerprint density at radius 3 is 1.76 bits per heavy atom. The summed E-state index contributed by atoms with van der Waals surface area (Å²) in [5.41, 5.74) is 2.43. The summed E-state index contributed by atoms with van der Waals surface area (Å²) in [6, 6.07) is 12.4. The molecule has 0 saturated carbocycles. The van der Waals surface area contributed by atoms with Crippen molar-refractivity contribution in [1.29, 1.82) is 0 Å². The molecule has 0 amide bonds. The van der Waals surface area contributed by atoms with Gasteiger partial charge in [0.15, 0.2) is 0 Å². The summed E-state index contributed by atoms with van der Waals surface area (Å²) in [5, 5.41) is 2.22. The molecular formula is C16H8Cl4O. The van der Waals surface area contributed by atoms with Gasteiger partial charge in [0.05, 0.1) is 16.3 Å². The standard InChI is InChI=1S/C16H8Cl4O/c17-9-1-3-11(14(19)7-9)12-5-6-21-16(12)13-4-2-10(18)8-15(13)20/h1-8H. The van der Waals surface area contributed by atoms with E-state index in [2.05, 4.69) is 0 Å². The van der Waals surface area contributed by atoms with Gasteiger partial charge < -0.3 is 4.42 Å². The highest BCUT2D eigenvalue weighted by atomic mass is 35.5. The lowest BCUT2D eigenvalue weighted by Gasteiger charge is -2.07. The molecule has 1 heterocycles. The lowest BCUT2D eigenvalue weighted by atomic mass is 10.0. The summed E-state index contributed by atoms with van der Waals surface area (Å²) in [5.74, 6) is 0.640. The first-order valence-corrected chi connectivity index (χ1v) is 7.56. The van der Waals surface area contributed by atoms with Gasteiger partial charge in [-0.05, 0) is 36.4 Å². The van der Waals surface area contributed by atoms with Crippen molar-refractivity contribution in [3.63, 3.8) is 0 Å². The third kappa shape index (κ3) is 2.93. The van der Waals surface area contributed by atoms with Gasteiger partial charge in [-0.2, -0.15) is 0 Å². The van der Waals surface area contributed by atoms with Crippen LogP contribution in [-0.4, -0.2) is 0 Å². The minimum atomic E-state index is 0.517. The maximum absolute atomic E-state index is 6.27. The molecule has 0 saturated heterocycles. The number of benzene rings is 2. The fraction of sp³-hybridized carbons (Fsp3) is 0. The minimum absolute atomic E-state index is 0.517. The van der Waals surface area contributed by atoms with Crippen LogP contribution in [-0.2, 0) is 0 Å². The number of rotatable bonds is 2. The van der Waals surface area contributed by atoms with Crippen molar-refractivity contribution >= 4 is 46.4 Å². The fourth-order valence-electron chi connectivity index (χ4n) is 2.11. The first-order chi connectivity index (χ1) is 10.1. The Hall–Kier alpha value is -1.12. The molecule has 0 spiro atoms. The van der Waals surface area contributed by atoms with Crippen molar-refractivity contribution < 1.29 is 4.42 Å². The molecule has 106 valence electrons. The van der Waals surface area contributed by atoms with E-state index in [0.717, 1.165) is 16.7 Å². The normalized spacial score (nSPS) is 10.9. The second-order valence-electron chi connectivity index (χ2n) is 4.41. The van der Waals surface area contributed by atoms with Crippen LogP contribution in [0.15, 0.2) is 53.1 Å². The smallest absolute Gasteiger partial charge is 0.143 e. The molecule has 0 aliphatic rings. The monoisotopic (exact) mass is 356 g/mol. The maximum atomic E-state index is 6.27. The van der Waals surface area contributed by atoms with Gasteiger partial charge in [0.2, 0.25) is 0 Å². The van der Waals surface area contributed by atoms with Crippen LogP contribution in [0.4, 0.5) is 0 Å². The van der Waals surface area contributed by atoms with Crippen LogP contribution in [0, 0.1) is 0 Å². The highest BCUT2D eigenvalue weighted by molar-refractivity contribution is 6.37. The molecule has 0 fully saturated rings. The van der Waals surface area contributed by atoms with E-state index in [1.807, 2.05) is 18.2 Å². The Balaban J connectivity index is 2.17. The molecular weight excluding hydrogens is 350 g/mol. The molecule has 2 aromatic carbocycles. The highest BCUT2D eigenvalue weighted by Gasteiger charge is 2.16. The van der Waals surface area contributed by atoms with Crippen molar-refractivity contribution in [2.75, 3.05) is 0 Å². The second-order valence-corrected chi connectivity index (χ2v) is 6.10. The van der Waals surface area contributed by atoms with Crippen LogP contribution in [0.25, 0.3) is 22.5 Å². The zero-order valence-corrected chi connectivity index (χ0v) is 13.6. The number of furan rings is 1. The van der Waals surface area contributed by atoms with Gasteiger partial charge in [-0.3, -0.25) is 0 Å². The van der Waals surface area contributed by atoms with E-state index < -0.39 is 0 Å². The lowest BCUT2D eigenvalue weighted by molar-refractivity contribution is 0.583. The molecule has 0 bridgehead atoms. The summed E-state index contributed by atoms with van der Waals surface area (Å²) >= 11 is 24.4. The van der Waals surface area contributed by atoms with Crippen LogP contribution >= 0.6 is 46.4 Å². The van der Waals surface area contributed by atoms with Gasteiger partial charge in [-0.25, -0.2) is 0 Å². The molecule has 5 heteroatoms. The summed E-state index contributed by atoms with van der Waals surface area (Å²) in [4.78, 5) is 0. The first-order valence-electron chi connectivity index (χ1n) is 6.04. The van der Waals surface area contributed by atoms with E-state index in [0.29, 0.717) is 25.9 Å². The summed E-state index contributed by atoms with van der Waals surface area (Å²) < 4.78 is 5.59. The summed E-state index contributed by atoms with van der Waals surface area (Å²) in [6.45, 7) is 0. The molecule has 0 aliphatic heterocycles. The fourth-order valence-corrected chi connectivity index (χ4v) is 3.12. The SMILES string of the molecule is Clc1ccc(-c2ccoc2-c2ccc(Cl)cc2Cl)c(Cl)c1. The third-order valence-corrected chi connectivity index (χ3v) is 4.16. The first kappa shape index (κ1) is 14.8. The van der Waals surface area contributed by atoms with E-state index in [4.69, 9.17) is 50.8 Å². The lowest BCUT2D eigenvalue weighted by Crippen LogP contribution is -1.83. The molecule has 1 aromatic heterocycles. The summed E-state index contributed by atoms with van der Waals surface area (Å²) in [6.07, 6.45) is 1.60. The van der Waals surface area contributed by atoms with Crippen molar-refractivity contribution in [1.82, 2.24) is 0 Å². The molecule has 0 radical (unpaired) electrons. The van der Waals surface area contributed by atoms with Gasteiger partial charge >= 0.3 is 0 Å². The second kappa shape index (κ2) is 5.94. The summed E-state index contributed by atoms with van der Waals surface area (Å²) in [7, 11) is 0. The number of hydrogen-bond acceptors (Lipinski definition) is 1. The Kier molecular flexibility index (Phi) is 4.19. The molecule has 3 rings (SSSR count). The van der Waals surface area contributed by atoms with Crippen molar-refractivity contribution in [2.24, 2.45) is 0 Å². The zero-order chi connectivity index (χ0) is 15.0. The van der Waals surface area contributed by atoms with Crippen LogP contribution in [0.5, 0.6) is 0 Å². The van der Waals surface area contributed by atoms with E-state index >= 15 is 0 Å². The van der Waals surface area contributed by atoms with Crippen molar-refractivity contribution in [2.45, 2.75) is 0 Å². The molecule has 0 N–H and O–H groups in total. The van der Waals surface area contributed by atoms with Crippen LogP contribution in [0.1, 0.15) is 0 Å². The van der Waals surface area contributed by atoms with Gasteiger partial charge in [0.1, 0.15) is 5.76 Å². The quantitative estimate of drug-likeness (QED) is 0.471. The predicted molar refractivity (Wildman–Crippen MR) is 89.6 cm³/mol. The Bertz CT molecular complexity index is 742. The van der Waals surface area contributed by atoms with Crippen LogP contribution in [0.2, 0.25) is 20.1 Å². The Morgan fingerprint density at radius 1 is 0.619 bits per heavy atom. The van der Waals surface area contributed by atoms with E-state index in [-0.39, 0.29) is 0 Å². The van der Waals surface area contributed by atoms with Gasteiger partial charge in [-0.15, -0.1) is 0 Å². The minimum Gasteiger partial charge on any atom is -0.464 e. The molecule has 1 nitrogen and oxygen atoms in total. The molecule has 3 aromatic rings. The number of hydrogen-bond donors (Lipinski definition) is 0.